The maximum absolute atomic E-state index is 12.8. The molecule has 0 atom stereocenters. The van der Waals surface area contributed by atoms with Crippen molar-refractivity contribution in [3.8, 4) is 0 Å². The number of fused-ring (bicyclic) bond motifs is 1. The van der Waals surface area contributed by atoms with Crippen LogP contribution in [0.4, 0.5) is 4.39 Å². The van der Waals surface area contributed by atoms with Crippen molar-refractivity contribution < 1.29 is 23.6 Å². The number of carbonyl (C=O) groups excluding carboxylic acids is 3. The molecule has 1 aliphatic heterocycles. The van der Waals surface area contributed by atoms with E-state index in [-0.39, 0.29) is 16.7 Å². The maximum Gasteiger partial charge on any atom is 0.363 e. The van der Waals surface area contributed by atoms with E-state index in [1.165, 1.54) is 24.3 Å². The van der Waals surface area contributed by atoms with E-state index in [1.54, 1.807) is 12.1 Å². The number of nitrogens with zero attached hydrogens (tertiary/aromatic N) is 1. The number of carbonyl (C=O) groups is 3. The molecule has 1 heterocycles. The molecule has 0 saturated heterocycles. The molecule has 0 saturated carbocycles. The number of benzene rings is 2. The van der Waals surface area contributed by atoms with Crippen molar-refractivity contribution in [2.75, 3.05) is 0 Å². The quantitative estimate of drug-likeness (QED) is 0.793. The van der Waals surface area contributed by atoms with E-state index in [0.29, 0.717) is 5.06 Å². The van der Waals surface area contributed by atoms with E-state index < -0.39 is 23.6 Å². The summed E-state index contributed by atoms with van der Waals surface area (Å²) in [5.74, 6) is -2.83. The van der Waals surface area contributed by atoms with Crippen LogP contribution in [0.2, 0.25) is 0 Å². The predicted octanol–water partition coefficient (Wildman–Crippen LogP) is 2.19. The molecule has 0 fully saturated rings. The van der Waals surface area contributed by atoms with Gasteiger partial charge in [-0.3, -0.25) is 9.59 Å². The lowest BCUT2D eigenvalue weighted by atomic mass is 10.1. The topological polar surface area (TPSA) is 63.7 Å². The molecule has 5 nitrogen and oxygen atoms in total. The van der Waals surface area contributed by atoms with Gasteiger partial charge in [-0.15, -0.1) is 0 Å². The lowest BCUT2D eigenvalue weighted by Gasteiger charge is -2.12. The molecule has 2 aromatic carbocycles. The largest absolute Gasteiger partial charge is 0.363 e. The number of hydrogen-bond donors (Lipinski definition) is 0. The third-order valence-corrected chi connectivity index (χ3v) is 3.01. The summed E-state index contributed by atoms with van der Waals surface area (Å²) in [6.45, 7) is 0. The highest BCUT2D eigenvalue weighted by Gasteiger charge is 2.38. The second kappa shape index (κ2) is 4.82. The normalized spacial score (nSPS) is 13.3. The average Bonchev–Trinajstić information content (AvgIpc) is 2.73. The van der Waals surface area contributed by atoms with Gasteiger partial charge in [-0.2, -0.15) is 0 Å². The summed E-state index contributed by atoms with van der Waals surface area (Å²) in [5.41, 5.74) is 0.386. The van der Waals surface area contributed by atoms with E-state index in [1.807, 2.05) is 0 Å². The molecule has 21 heavy (non-hydrogen) atoms. The SMILES string of the molecule is O=C(ON1C(=O)c2ccccc2C1=O)c1ccc(F)cc1. The molecule has 0 spiro atoms. The van der Waals surface area contributed by atoms with Crippen LogP contribution in [0, 0.1) is 5.82 Å². The van der Waals surface area contributed by atoms with Crippen LogP contribution in [-0.2, 0) is 4.84 Å². The third-order valence-electron chi connectivity index (χ3n) is 3.01. The van der Waals surface area contributed by atoms with E-state index in [0.717, 1.165) is 12.1 Å². The summed E-state index contributed by atoms with van der Waals surface area (Å²) >= 11 is 0. The van der Waals surface area contributed by atoms with Crippen molar-refractivity contribution in [1.82, 2.24) is 5.06 Å². The molecule has 6 heteroatoms. The van der Waals surface area contributed by atoms with Crippen LogP contribution >= 0.6 is 0 Å². The average molecular weight is 285 g/mol. The van der Waals surface area contributed by atoms with E-state index in [4.69, 9.17) is 4.84 Å². The predicted molar refractivity (Wildman–Crippen MR) is 68.8 cm³/mol. The molecule has 0 radical (unpaired) electrons. The zero-order chi connectivity index (χ0) is 15.0. The summed E-state index contributed by atoms with van der Waals surface area (Å²) in [6.07, 6.45) is 0. The smallest absolute Gasteiger partial charge is 0.324 e. The van der Waals surface area contributed by atoms with E-state index >= 15 is 0 Å². The molecular formula is C15H8FNO4. The standard InChI is InChI=1S/C15H8FNO4/c16-10-7-5-9(6-8-10)15(20)21-17-13(18)11-3-1-2-4-12(11)14(17)19/h1-8H. The number of hydroxylamine groups is 2. The summed E-state index contributed by atoms with van der Waals surface area (Å²) in [6, 6.07) is 10.7. The van der Waals surface area contributed by atoms with Gasteiger partial charge in [0.15, 0.2) is 0 Å². The Hall–Kier alpha value is -3.02. The summed E-state index contributed by atoms with van der Waals surface area (Å²) in [4.78, 5) is 40.7. The maximum atomic E-state index is 12.8. The Bertz CT molecular complexity index is 720. The molecule has 3 rings (SSSR count). The second-order valence-electron chi connectivity index (χ2n) is 4.34. The number of hydrogen-bond acceptors (Lipinski definition) is 4. The second-order valence-corrected chi connectivity index (χ2v) is 4.34. The molecule has 0 aliphatic carbocycles. The van der Waals surface area contributed by atoms with Gasteiger partial charge in [0.25, 0.3) is 11.8 Å². The molecule has 0 unspecified atom stereocenters. The van der Waals surface area contributed by atoms with Crippen LogP contribution in [0.1, 0.15) is 31.1 Å². The number of rotatable bonds is 2. The number of amides is 2. The fraction of sp³-hybridized carbons (Fsp3) is 0. The Balaban J connectivity index is 1.84. The molecule has 0 aromatic heterocycles. The fourth-order valence-corrected chi connectivity index (χ4v) is 1.97. The highest BCUT2D eigenvalue weighted by Crippen LogP contribution is 2.23. The molecule has 104 valence electrons. The van der Waals surface area contributed by atoms with Gasteiger partial charge in [0.05, 0.1) is 16.7 Å². The highest BCUT2D eigenvalue weighted by molar-refractivity contribution is 6.21. The van der Waals surface area contributed by atoms with Crippen molar-refractivity contribution in [2.24, 2.45) is 0 Å². The first-order chi connectivity index (χ1) is 10.1. The monoisotopic (exact) mass is 285 g/mol. The molecule has 0 bridgehead atoms. The first-order valence-electron chi connectivity index (χ1n) is 6.03. The van der Waals surface area contributed by atoms with Gasteiger partial charge in [0.1, 0.15) is 5.82 Å². The summed E-state index contributed by atoms with van der Waals surface area (Å²) < 4.78 is 12.8. The van der Waals surface area contributed by atoms with Gasteiger partial charge in [0.2, 0.25) is 0 Å². The Kier molecular flexibility index (Phi) is 2.98. The van der Waals surface area contributed by atoms with Gasteiger partial charge < -0.3 is 4.84 Å². The highest BCUT2D eigenvalue weighted by atomic mass is 19.1. The van der Waals surface area contributed by atoms with Crippen LogP contribution in [0.15, 0.2) is 48.5 Å². The molecule has 1 aliphatic rings. The Morgan fingerprint density at radius 2 is 1.43 bits per heavy atom. The summed E-state index contributed by atoms with van der Waals surface area (Å²) in [7, 11) is 0. The molecule has 2 aromatic rings. The molecule has 0 N–H and O–H groups in total. The van der Waals surface area contributed by atoms with Crippen molar-refractivity contribution in [3.63, 3.8) is 0 Å². The third kappa shape index (κ3) is 2.16. The van der Waals surface area contributed by atoms with Crippen LogP contribution < -0.4 is 0 Å². The first-order valence-corrected chi connectivity index (χ1v) is 6.03. The zero-order valence-corrected chi connectivity index (χ0v) is 10.6. The van der Waals surface area contributed by atoms with Crippen LogP contribution in [0.3, 0.4) is 0 Å². The van der Waals surface area contributed by atoms with Gasteiger partial charge in [-0.25, -0.2) is 9.18 Å². The van der Waals surface area contributed by atoms with Crippen molar-refractivity contribution in [3.05, 3.63) is 71.0 Å². The van der Waals surface area contributed by atoms with Crippen molar-refractivity contribution >= 4 is 17.8 Å². The molecule has 2 amide bonds. The Morgan fingerprint density at radius 1 is 0.905 bits per heavy atom. The first kappa shape index (κ1) is 13.0. The van der Waals surface area contributed by atoms with E-state index in [2.05, 4.69) is 0 Å². The lowest BCUT2D eigenvalue weighted by Crippen LogP contribution is -2.32. The van der Waals surface area contributed by atoms with Crippen molar-refractivity contribution in [2.45, 2.75) is 0 Å². The van der Waals surface area contributed by atoms with Gasteiger partial charge >= 0.3 is 5.97 Å². The van der Waals surface area contributed by atoms with Gasteiger partial charge in [0, 0.05) is 0 Å². The Labute approximate surface area is 118 Å². The van der Waals surface area contributed by atoms with E-state index in [9.17, 15) is 18.8 Å². The number of imide groups is 1. The number of halogens is 1. The minimum Gasteiger partial charge on any atom is -0.324 e. The minimum atomic E-state index is -0.912. The van der Waals surface area contributed by atoms with Crippen LogP contribution in [0.25, 0.3) is 0 Å². The van der Waals surface area contributed by atoms with Gasteiger partial charge in [-0.05, 0) is 36.4 Å². The van der Waals surface area contributed by atoms with Crippen LogP contribution in [-0.4, -0.2) is 22.8 Å². The van der Waals surface area contributed by atoms with Crippen LogP contribution in [0.5, 0.6) is 0 Å². The van der Waals surface area contributed by atoms with Gasteiger partial charge in [-0.1, -0.05) is 17.2 Å². The van der Waals surface area contributed by atoms with Crippen molar-refractivity contribution in [1.29, 1.82) is 0 Å². The fourth-order valence-electron chi connectivity index (χ4n) is 1.97. The molecular weight excluding hydrogens is 277 g/mol. The Morgan fingerprint density at radius 3 is 1.95 bits per heavy atom. The lowest BCUT2D eigenvalue weighted by molar-refractivity contribution is -0.0584. The zero-order valence-electron chi connectivity index (χ0n) is 10.6. The summed E-state index contributed by atoms with van der Waals surface area (Å²) in [5, 5.41) is 0.413. The minimum absolute atomic E-state index is 0.0351.